The minimum absolute atomic E-state index is 0.269. The van der Waals surface area contributed by atoms with Gasteiger partial charge in [0.05, 0.1) is 30.6 Å². The molecular formula is C30H32N2O5. The summed E-state index contributed by atoms with van der Waals surface area (Å²) in [5.41, 5.74) is 4.12. The Kier molecular flexibility index (Phi) is 6.89. The molecule has 3 atom stereocenters. The van der Waals surface area contributed by atoms with Gasteiger partial charge in [-0.3, -0.25) is 14.4 Å². The number of rotatable bonds is 8. The number of ether oxygens (including phenoxy) is 2. The molecular weight excluding hydrogens is 468 g/mol. The van der Waals surface area contributed by atoms with E-state index in [9.17, 15) is 9.59 Å². The predicted octanol–water partition coefficient (Wildman–Crippen LogP) is 5.54. The van der Waals surface area contributed by atoms with E-state index in [1.807, 2.05) is 94.4 Å². The van der Waals surface area contributed by atoms with Gasteiger partial charge in [0, 0.05) is 0 Å². The minimum atomic E-state index is -0.926. The monoisotopic (exact) mass is 500 g/mol. The summed E-state index contributed by atoms with van der Waals surface area (Å²) in [6.07, 6.45) is -0.0508. The minimum Gasteiger partial charge on any atom is -0.490 e. The summed E-state index contributed by atoms with van der Waals surface area (Å²) in [4.78, 5) is 35.2. The van der Waals surface area contributed by atoms with Crippen molar-refractivity contribution in [3.05, 3.63) is 83.4 Å². The van der Waals surface area contributed by atoms with Crippen molar-refractivity contribution < 1.29 is 23.9 Å². The van der Waals surface area contributed by atoms with Gasteiger partial charge >= 0.3 is 0 Å². The number of fused-ring (bicyclic) bond motifs is 1. The van der Waals surface area contributed by atoms with Gasteiger partial charge in [-0.1, -0.05) is 48.9 Å². The smallest absolute Gasteiger partial charge is 0.266 e. The number of aryl methyl sites for hydroxylation is 2. The fourth-order valence-electron chi connectivity index (χ4n) is 5.15. The highest BCUT2D eigenvalue weighted by Gasteiger charge is 2.60. The highest BCUT2D eigenvalue weighted by Crippen LogP contribution is 2.49. The van der Waals surface area contributed by atoms with Gasteiger partial charge < -0.3 is 9.47 Å². The van der Waals surface area contributed by atoms with E-state index in [1.165, 1.54) is 4.90 Å². The Morgan fingerprint density at radius 2 is 1.65 bits per heavy atom. The molecule has 2 saturated heterocycles. The number of carbonyl (C=O) groups excluding carboxylic acids is 2. The van der Waals surface area contributed by atoms with Gasteiger partial charge in [0.1, 0.15) is 5.92 Å². The normalized spacial score (nSPS) is 20.9. The molecule has 192 valence electrons. The van der Waals surface area contributed by atoms with Crippen LogP contribution in [0.1, 0.15) is 43.0 Å². The molecule has 0 aliphatic carbocycles. The lowest BCUT2D eigenvalue weighted by molar-refractivity contribution is -0.126. The maximum absolute atomic E-state index is 14.0. The van der Waals surface area contributed by atoms with Crippen LogP contribution in [-0.2, 0) is 14.4 Å². The zero-order valence-electron chi connectivity index (χ0n) is 21.6. The molecule has 0 unspecified atom stereocenters. The summed E-state index contributed by atoms with van der Waals surface area (Å²) < 4.78 is 11.8. The summed E-state index contributed by atoms with van der Waals surface area (Å²) in [6, 6.07) is 20.4. The Labute approximate surface area is 217 Å². The summed E-state index contributed by atoms with van der Waals surface area (Å²) in [7, 11) is 0. The molecule has 7 heteroatoms. The number of nitrogens with zero attached hydrogens (tertiary/aromatic N) is 2. The Hall–Kier alpha value is -3.84. The second kappa shape index (κ2) is 10.3. The number of anilines is 2. The summed E-state index contributed by atoms with van der Waals surface area (Å²) in [6.45, 7) is 8.91. The Morgan fingerprint density at radius 1 is 0.865 bits per heavy atom. The Balaban J connectivity index is 1.58. The van der Waals surface area contributed by atoms with Crippen LogP contribution in [0.15, 0.2) is 66.7 Å². The van der Waals surface area contributed by atoms with E-state index in [1.54, 1.807) is 5.06 Å². The van der Waals surface area contributed by atoms with Crippen molar-refractivity contribution in [2.24, 2.45) is 5.92 Å². The Morgan fingerprint density at radius 3 is 2.35 bits per heavy atom. The van der Waals surface area contributed by atoms with E-state index in [0.29, 0.717) is 30.4 Å². The maximum Gasteiger partial charge on any atom is 0.266 e. The highest BCUT2D eigenvalue weighted by atomic mass is 16.7. The van der Waals surface area contributed by atoms with Crippen LogP contribution in [-0.4, -0.2) is 31.1 Å². The Bertz CT molecular complexity index is 1310. The zero-order valence-corrected chi connectivity index (χ0v) is 21.6. The largest absolute Gasteiger partial charge is 0.490 e. The first-order valence-corrected chi connectivity index (χ1v) is 12.8. The van der Waals surface area contributed by atoms with Crippen LogP contribution in [0.25, 0.3) is 0 Å². The third-order valence-electron chi connectivity index (χ3n) is 6.79. The summed E-state index contributed by atoms with van der Waals surface area (Å²) >= 11 is 0. The summed E-state index contributed by atoms with van der Waals surface area (Å²) in [5.74, 6) is -0.0777. The maximum atomic E-state index is 14.0. The second-order valence-corrected chi connectivity index (χ2v) is 9.45. The van der Waals surface area contributed by atoms with Crippen LogP contribution < -0.4 is 19.4 Å². The number of hydrogen-bond acceptors (Lipinski definition) is 6. The zero-order chi connectivity index (χ0) is 26.1. The van der Waals surface area contributed by atoms with Gasteiger partial charge in [0.15, 0.2) is 17.6 Å². The lowest BCUT2D eigenvalue weighted by Gasteiger charge is -2.29. The van der Waals surface area contributed by atoms with Gasteiger partial charge in [-0.05, 0) is 68.7 Å². The van der Waals surface area contributed by atoms with E-state index in [2.05, 4.69) is 0 Å². The first-order valence-electron chi connectivity index (χ1n) is 12.8. The molecule has 0 spiro atoms. The second-order valence-electron chi connectivity index (χ2n) is 9.45. The molecule has 7 nitrogen and oxygen atoms in total. The first kappa shape index (κ1) is 24.8. The standard InChI is InChI=1S/C30H32N2O5/c1-5-16-36-24-15-13-21(18-25(24)35-6-2)27-26-28(37-32(27)22-10-8-7-9-11-22)30(34)31(29(26)33)23-14-12-19(3)17-20(23)4/h7-15,17-18,26-28H,5-6,16H2,1-4H3/t26-,27+,28+/m0/s1. The van der Waals surface area contributed by atoms with Crippen LogP contribution in [0.4, 0.5) is 11.4 Å². The van der Waals surface area contributed by atoms with Gasteiger partial charge in [0.2, 0.25) is 5.91 Å². The molecule has 2 heterocycles. The fourth-order valence-corrected chi connectivity index (χ4v) is 5.15. The molecule has 5 rings (SSSR count). The third kappa shape index (κ3) is 4.44. The first-order chi connectivity index (χ1) is 17.9. The number of imide groups is 1. The van der Waals surface area contributed by atoms with Crippen molar-refractivity contribution in [2.45, 2.75) is 46.3 Å². The molecule has 0 N–H and O–H groups in total. The van der Waals surface area contributed by atoms with Gasteiger partial charge in [-0.2, -0.15) is 0 Å². The molecule has 2 fully saturated rings. The molecule has 2 aliphatic rings. The molecule has 2 aliphatic heterocycles. The van der Waals surface area contributed by atoms with Gasteiger partial charge in [-0.15, -0.1) is 0 Å². The molecule has 3 aromatic carbocycles. The highest BCUT2D eigenvalue weighted by molar-refractivity contribution is 6.24. The van der Waals surface area contributed by atoms with Crippen molar-refractivity contribution in [2.75, 3.05) is 23.2 Å². The number of benzene rings is 3. The average Bonchev–Trinajstić information content (AvgIpc) is 3.40. The van der Waals surface area contributed by atoms with Crippen molar-refractivity contribution in [3.63, 3.8) is 0 Å². The van der Waals surface area contributed by atoms with Crippen LogP contribution in [0.2, 0.25) is 0 Å². The quantitative estimate of drug-likeness (QED) is 0.378. The molecule has 0 radical (unpaired) electrons. The van der Waals surface area contributed by atoms with Crippen LogP contribution in [0.3, 0.4) is 0 Å². The molecule has 2 amide bonds. The number of hydroxylamine groups is 1. The molecule has 0 aromatic heterocycles. The van der Waals surface area contributed by atoms with Crippen molar-refractivity contribution in [1.82, 2.24) is 0 Å². The topological polar surface area (TPSA) is 68.3 Å². The lowest BCUT2D eigenvalue weighted by Crippen LogP contribution is -2.37. The predicted molar refractivity (Wildman–Crippen MR) is 142 cm³/mol. The molecule has 0 saturated carbocycles. The number of carbonyl (C=O) groups is 2. The molecule has 0 bridgehead atoms. The number of amides is 2. The summed E-state index contributed by atoms with van der Waals surface area (Å²) in [5, 5.41) is 1.70. The number of para-hydroxylation sites is 1. The SMILES string of the molecule is CCCOc1ccc([C@@H]2[C@@H]3C(=O)N(c4ccc(C)cc4C)C(=O)[C@@H]3ON2c2ccccc2)cc1OCC. The van der Waals surface area contributed by atoms with Crippen LogP contribution in [0, 0.1) is 19.8 Å². The third-order valence-corrected chi connectivity index (χ3v) is 6.79. The van der Waals surface area contributed by atoms with Crippen molar-refractivity contribution >= 4 is 23.2 Å². The van der Waals surface area contributed by atoms with E-state index < -0.39 is 18.1 Å². The number of hydrogen-bond donors (Lipinski definition) is 0. The molecule has 37 heavy (non-hydrogen) atoms. The lowest BCUT2D eigenvalue weighted by atomic mass is 9.90. The van der Waals surface area contributed by atoms with Crippen LogP contribution in [0.5, 0.6) is 11.5 Å². The van der Waals surface area contributed by atoms with Crippen LogP contribution >= 0.6 is 0 Å². The van der Waals surface area contributed by atoms with Gasteiger partial charge in [0.25, 0.3) is 5.91 Å². The van der Waals surface area contributed by atoms with Crippen molar-refractivity contribution in [3.8, 4) is 11.5 Å². The van der Waals surface area contributed by atoms with E-state index in [4.69, 9.17) is 14.3 Å². The molecule has 3 aromatic rings. The van der Waals surface area contributed by atoms with E-state index in [0.717, 1.165) is 28.8 Å². The average molecular weight is 501 g/mol. The van der Waals surface area contributed by atoms with Gasteiger partial charge in [-0.25, -0.2) is 9.96 Å². The van der Waals surface area contributed by atoms with Crippen molar-refractivity contribution in [1.29, 1.82) is 0 Å². The fraction of sp³-hybridized carbons (Fsp3) is 0.333. The van der Waals surface area contributed by atoms with E-state index in [-0.39, 0.29) is 11.8 Å². The van der Waals surface area contributed by atoms with E-state index >= 15 is 0 Å².